The largest absolute Gasteiger partial charge is 0.347 e. The zero-order chi connectivity index (χ0) is 22.0. The van der Waals surface area contributed by atoms with E-state index in [0.29, 0.717) is 31.1 Å². The number of carbonyl (C=O) groups is 3. The number of aryl methyl sites for hydroxylation is 1. The van der Waals surface area contributed by atoms with Gasteiger partial charge in [0, 0.05) is 37.7 Å². The summed E-state index contributed by atoms with van der Waals surface area (Å²) in [5.41, 5.74) is 1.97. The molecule has 2 aliphatic heterocycles. The molecule has 1 aromatic rings. The lowest BCUT2D eigenvalue weighted by atomic mass is 9.88. The summed E-state index contributed by atoms with van der Waals surface area (Å²) in [4.78, 5) is 50.1. The normalized spacial score (nSPS) is 21.9. The van der Waals surface area contributed by atoms with Crippen LogP contribution in [0.4, 0.5) is 5.82 Å². The van der Waals surface area contributed by atoms with E-state index in [1.807, 2.05) is 11.8 Å². The highest BCUT2D eigenvalue weighted by Gasteiger charge is 2.35. The first-order valence-electron chi connectivity index (χ1n) is 11.7. The van der Waals surface area contributed by atoms with Gasteiger partial charge in [-0.2, -0.15) is 0 Å². The van der Waals surface area contributed by atoms with Crippen LogP contribution in [-0.4, -0.2) is 52.2 Å². The summed E-state index contributed by atoms with van der Waals surface area (Å²) in [6, 6.07) is -0.209. The average Bonchev–Trinajstić information content (AvgIpc) is 3.25. The van der Waals surface area contributed by atoms with Gasteiger partial charge < -0.3 is 10.2 Å². The van der Waals surface area contributed by atoms with Gasteiger partial charge in [-0.25, -0.2) is 9.97 Å². The van der Waals surface area contributed by atoms with Gasteiger partial charge in [0.1, 0.15) is 5.82 Å². The number of hydrogen-bond donors (Lipinski definition) is 1. The molecular formula is C23H33N5O3. The number of hydrogen-bond acceptors (Lipinski definition) is 5. The van der Waals surface area contributed by atoms with Crippen molar-refractivity contribution in [1.82, 2.24) is 20.2 Å². The second kappa shape index (κ2) is 9.32. The SMILES string of the molecule is CC(=O)NCC(=O)N1CCC[C@H]1c1nc(C)c2c(n1)N(CC1CCCCC1)C(=O)CC2. The zero-order valence-corrected chi connectivity index (χ0v) is 18.7. The minimum absolute atomic E-state index is 0.0119. The van der Waals surface area contributed by atoms with Gasteiger partial charge in [-0.15, -0.1) is 0 Å². The van der Waals surface area contributed by atoms with Gasteiger partial charge in [-0.3, -0.25) is 19.3 Å². The van der Waals surface area contributed by atoms with Crippen molar-refractivity contribution in [2.24, 2.45) is 5.92 Å². The molecule has 0 aromatic carbocycles. The highest BCUT2D eigenvalue weighted by molar-refractivity contribution is 5.95. The third-order valence-electron chi connectivity index (χ3n) is 6.88. The number of likely N-dealkylation sites (tertiary alicyclic amines) is 1. The summed E-state index contributed by atoms with van der Waals surface area (Å²) in [6.07, 6.45) is 8.96. The molecular weight excluding hydrogens is 394 g/mol. The standard InChI is InChI=1S/C23H33N5O3/c1-15-18-10-11-20(30)28(14-17-7-4-3-5-8-17)23(18)26-22(25-15)19-9-6-12-27(19)21(31)13-24-16(2)29/h17,19H,3-14H2,1-2H3,(H,24,29)/t19-/m0/s1. The molecule has 8 heteroatoms. The number of rotatable bonds is 5. The molecule has 0 bridgehead atoms. The van der Waals surface area contributed by atoms with Gasteiger partial charge in [0.2, 0.25) is 17.7 Å². The first-order chi connectivity index (χ1) is 14.9. The molecule has 1 aromatic heterocycles. The predicted molar refractivity (Wildman–Crippen MR) is 116 cm³/mol. The molecule has 1 atom stereocenters. The summed E-state index contributed by atoms with van der Waals surface area (Å²) in [5, 5.41) is 2.59. The lowest BCUT2D eigenvalue weighted by Crippen LogP contribution is -2.42. The molecule has 2 fully saturated rings. The number of anilines is 1. The molecule has 168 valence electrons. The van der Waals surface area contributed by atoms with Crippen LogP contribution < -0.4 is 10.2 Å². The maximum atomic E-state index is 12.9. The van der Waals surface area contributed by atoms with E-state index in [1.54, 1.807) is 4.90 Å². The first kappa shape index (κ1) is 21.7. The number of nitrogens with zero attached hydrogens (tertiary/aromatic N) is 4. The Bertz CT molecular complexity index is 865. The molecule has 1 N–H and O–H groups in total. The highest BCUT2D eigenvalue weighted by atomic mass is 16.2. The zero-order valence-electron chi connectivity index (χ0n) is 18.7. The minimum Gasteiger partial charge on any atom is -0.347 e. The van der Waals surface area contributed by atoms with E-state index in [0.717, 1.165) is 36.5 Å². The van der Waals surface area contributed by atoms with Crippen LogP contribution in [0.25, 0.3) is 0 Å². The quantitative estimate of drug-likeness (QED) is 0.779. The van der Waals surface area contributed by atoms with Crippen molar-refractivity contribution < 1.29 is 14.4 Å². The van der Waals surface area contributed by atoms with Gasteiger partial charge in [-0.1, -0.05) is 19.3 Å². The minimum atomic E-state index is -0.221. The van der Waals surface area contributed by atoms with E-state index >= 15 is 0 Å². The fourth-order valence-corrected chi connectivity index (χ4v) is 5.20. The van der Waals surface area contributed by atoms with Crippen LogP contribution in [0.2, 0.25) is 0 Å². The Morgan fingerprint density at radius 3 is 2.58 bits per heavy atom. The fourth-order valence-electron chi connectivity index (χ4n) is 5.20. The van der Waals surface area contributed by atoms with Gasteiger partial charge in [0.15, 0.2) is 5.82 Å². The predicted octanol–water partition coefficient (Wildman–Crippen LogP) is 2.44. The smallest absolute Gasteiger partial charge is 0.242 e. The second-order valence-electron chi connectivity index (χ2n) is 9.13. The van der Waals surface area contributed by atoms with E-state index in [9.17, 15) is 14.4 Å². The van der Waals surface area contributed by atoms with E-state index < -0.39 is 0 Å². The van der Waals surface area contributed by atoms with Gasteiger partial charge in [0.25, 0.3) is 0 Å². The third kappa shape index (κ3) is 4.72. The van der Waals surface area contributed by atoms with Crippen molar-refractivity contribution in [3.8, 4) is 0 Å². The van der Waals surface area contributed by atoms with Crippen molar-refractivity contribution in [2.75, 3.05) is 24.5 Å². The van der Waals surface area contributed by atoms with Crippen LogP contribution >= 0.6 is 0 Å². The Morgan fingerprint density at radius 2 is 1.84 bits per heavy atom. The number of nitrogens with one attached hydrogen (secondary N) is 1. The molecule has 1 saturated carbocycles. The number of carbonyl (C=O) groups excluding carboxylic acids is 3. The molecule has 0 radical (unpaired) electrons. The van der Waals surface area contributed by atoms with E-state index in [-0.39, 0.29) is 30.3 Å². The Labute approximate surface area is 183 Å². The summed E-state index contributed by atoms with van der Waals surface area (Å²) in [7, 11) is 0. The lowest BCUT2D eigenvalue weighted by molar-refractivity contribution is -0.133. The van der Waals surface area contributed by atoms with Gasteiger partial charge in [-0.05, 0) is 44.9 Å². The Hall–Kier alpha value is -2.51. The lowest BCUT2D eigenvalue weighted by Gasteiger charge is -2.34. The van der Waals surface area contributed by atoms with Crippen LogP contribution in [0.1, 0.15) is 81.4 Å². The summed E-state index contributed by atoms with van der Waals surface area (Å²) >= 11 is 0. The maximum Gasteiger partial charge on any atom is 0.242 e. The molecule has 4 rings (SSSR count). The Balaban J connectivity index is 1.60. The molecule has 3 heterocycles. The molecule has 8 nitrogen and oxygen atoms in total. The Kier molecular flexibility index (Phi) is 6.53. The average molecular weight is 428 g/mol. The topological polar surface area (TPSA) is 95.5 Å². The molecule has 1 saturated heterocycles. The monoisotopic (exact) mass is 427 g/mol. The number of fused-ring (bicyclic) bond motifs is 1. The van der Waals surface area contributed by atoms with Crippen molar-refractivity contribution in [3.63, 3.8) is 0 Å². The summed E-state index contributed by atoms with van der Waals surface area (Å²) in [5.74, 6) is 1.71. The van der Waals surface area contributed by atoms with Gasteiger partial charge in [0.05, 0.1) is 12.6 Å². The van der Waals surface area contributed by atoms with Crippen LogP contribution in [0.5, 0.6) is 0 Å². The highest BCUT2D eigenvalue weighted by Crippen LogP contribution is 2.35. The number of amides is 3. The summed E-state index contributed by atoms with van der Waals surface area (Å²) in [6.45, 7) is 4.74. The maximum absolute atomic E-state index is 12.9. The van der Waals surface area contributed by atoms with E-state index in [1.165, 1.54) is 39.0 Å². The van der Waals surface area contributed by atoms with Crippen LogP contribution in [0, 0.1) is 12.8 Å². The number of aromatic nitrogens is 2. The fraction of sp³-hybridized carbons (Fsp3) is 0.696. The van der Waals surface area contributed by atoms with Crippen molar-refractivity contribution >= 4 is 23.5 Å². The van der Waals surface area contributed by atoms with Crippen LogP contribution in [-0.2, 0) is 20.8 Å². The third-order valence-corrected chi connectivity index (χ3v) is 6.88. The van der Waals surface area contributed by atoms with Crippen molar-refractivity contribution in [1.29, 1.82) is 0 Å². The van der Waals surface area contributed by atoms with Gasteiger partial charge >= 0.3 is 0 Å². The molecule has 0 unspecified atom stereocenters. The summed E-state index contributed by atoms with van der Waals surface area (Å²) < 4.78 is 0. The van der Waals surface area contributed by atoms with Crippen LogP contribution in [0.3, 0.4) is 0 Å². The molecule has 31 heavy (non-hydrogen) atoms. The molecule has 0 spiro atoms. The van der Waals surface area contributed by atoms with Crippen molar-refractivity contribution in [2.45, 2.75) is 77.7 Å². The van der Waals surface area contributed by atoms with Crippen molar-refractivity contribution in [3.05, 3.63) is 17.1 Å². The second-order valence-corrected chi connectivity index (χ2v) is 9.13. The molecule has 3 aliphatic rings. The molecule has 3 amide bonds. The first-order valence-corrected chi connectivity index (χ1v) is 11.7. The van der Waals surface area contributed by atoms with E-state index in [4.69, 9.17) is 9.97 Å². The Morgan fingerprint density at radius 1 is 1.06 bits per heavy atom. The molecule has 1 aliphatic carbocycles. The van der Waals surface area contributed by atoms with E-state index in [2.05, 4.69) is 5.32 Å². The van der Waals surface area contributed by atoms with Crippen LogP contribution in [0.15, 0.2) is 0 Å².